The van der Waals surface area contributed by atoms with Crippen molar-refractivity contribution in [3.8, 4) is 11.5 Å². The third kappa shape index (κ3) is 3.03. The summed E-state index contributed by atoms with van der Waals surface area (Å²) < 4.78 is 67.9. The van der Waals surface area contributed by atoms with Crippen molar-refractivity contribution in [3.63, 3.8) is 0 Å². The molecule has 0 fully saturated rings. The fourth-order valence-corrected chi connectivity index (χ4v) is 2.22. The Morgan fingerprint density at radius 3 is 2.14 bits per heavy atom. The SMILES string of the molecule is COc1cc(OC)c(F)c(C2=C(OC(F)F)CCC=C2)c1F. The number of benzene rings is 1. The van der Waals surface area contributed by atoms with E-state index in [2.05, 4.69) is 4.74 Å². The molecular weight excluding hydrogens is 304 g/mol. The second kappa shape index (κ2) is 6.72. The van der Waals surface area contributed by atoms with Gasteiger partial charge in [0, 0.05) is 18.1 Å². The van der Waals surface area contributed by atoms with E-state index in [9.17, 15) is 17.6 Å². The van der Waals surface area contributed by atoms with Crippen molar-refractivity contribution in [1.29, 1.82) is 0 Å². The molecule has 0 spiro atoms. The van der Waals surface area contributed by atoms with E-state index in [0.717, 1.165) is 6.07 Å². The second-order valence-electron chi connectivity index (χ2n) is 4.44. The molecule has 0 atom stereocenters. The first-order chi connectivity index (χ1) is 10.5. The molecule has 0 radical (unpaired) electrons. The van der Waals surface area contributed by atoms with Crippen LogP contribution in [-0.2, 0) is 4.74 Å². The van der Waals surface area contributed by atoms with Crippen LogP contribution in [0.15, 0.2) is 24.0 Å². The number of methoxy groups -OCH3 is 2. The van der Waals surface area contributed by atoms with Gasteiger partial charge < -0.3 is 14.2 Å². The smallest absolute Gasteiger partial charge is 0.387 e. The van der Waals surface area contributed by atoms with Crippen LogP contribution in [-0.4, -0.2) is 20.8 Å². The number of rotatable bonds is 5. The maximum atomic E-state index is 14.4. The molecule has 22 heavy (non-hydrogen) atoms. The van der Waals surface area contributed by atoms with Crippen molar-refractivity contribution in [1.82, 2.24) is 0 Å². The molecule has 0 unspecified atom stereocenters. The lowest BCUT2D eigenvalue weighted by Gasteiger charge is -2.19. The van der Waals surface area contributed by atoms with Crippen molar-refractivity contribution < 1.29 is 31.8 Å². The molecule has 0 N–H and O–H groups in total. The number of allylic oxidation sites excluding steroid dienone is 4. The average molecular weight is 318 g/mol. The normalized spacial score (nSPS) is 14.5. The Labute approximate surface area is 124 Å². The Morgan fingerprint density at radius 2 is 1.64 bits per heavy atom. The van der Waals surface area contributed by atoms with Crippen molar-refractivity contribution in [2.24, 2.45) is 0 Å². The van der Waals surface area contributed by atoms with E-state index >= 15 is 0 Å². The van der Waals surface area contributed by atoms with E-state index < -0.39 is 23.8 Å². The highest BCUT2D eigenvalue weighted by Crippen LogP contribution is 2.39. The summed E-state index contributed by atoms with van der Waals surface area (Å²) in [6.07, 6.45) is 3.53. The zero-order valence-corrected chi connectivity index (χ0v) is 12.0. The van der Waals surface area contributed by atoms with Gasteiger partial charge in [-0.05, 0) is 6.42 Å². The summed E-state index contributed by atoms with van der Waals surface area (Å²) in [6, 6.07) is 1.05. The van der Waals surface area contributed by atoms with Gasteiger partial charge in [0.05, 0.1) is 19.8 Å². The maximum Gasteiger partial charge on any atom is 0.387 e. The molecule has 120 valence electrons. The number of ether oxygens (including phenoxy) is 3. The lowest BCUT2D eigenvalue weighted by Crippen LogP contribution is -2.08. The van der Waals surface area contributed by atoms with Gasteiger partial charge in [0.15, 0.2) is 23.1 Å². The van der Waals surface area contributed by atoms with Crippen LogP contribution in [0, 0.1) is 11.6 Å². The summed E-state index contributed by atoms with van der Waals surface area (Å²) in [4.78, 5) is 0. The van der Waals surface area contributed by atoms with Gasteiger partial charge in [-0.3, -0.25) is 0 Å². The molecule has 0 heterocycles. The molecular formula is C15H14F4O3. The summed E-state index contributed by atoms with van der Waals surface area (Å²) in [7, 11) is 2.42. The summed E-state index contributed by atoms with van der Waals surface area (Å²) in [5.41, 5.74) is -0.596. The van der Waals surface area contributed by atoms with Gasteiger partial charge in [0.2, 0.25) is 0 Å². The minimum absolute atomic E-state index is 0.0845. The summed E-state index contributed by atoms with van der Waals surface area (Å²) >= 11 is 0. The molecule has 0 saturated heterocycles. The second-order valence-corrected chi connectivity index (χ2v) is 4.44. The van der Waals surface area contributed by atoms with Crippen LogP contribution < -0.4 is 9.47 Å². The number of halogens is 4. The predicted molar refractivity (Wildman–Crippen MR) is 71.8 cm³/mol. The van der Waals surface area contributed by atoms with Crippen LogP contribution in [0.25, 0.3) is 5.57 Å². The zero-order chi connectivity index (χ0) is 16.3. The Balaban J connectivity index is 2.68. The number of hydrogen-bond donors (Lipinski definition) is 0. The van der Waals surface area contributed by atoms with Gasteiger partial charge in [0.25, 0.3) is 0 Å². The van der Waals surface area contributed by atoms with Crippen molar-refractivity contribution >= 4 is 5.57 Å². The lowest BCUT2D eigenvalue weighted by molar-refractivity contribution is -0.0977. The molecule has 0 saturated carbocycles. The van der Waals surface area contributed by atoms with E-state index in [1.54, 1.807) is 6.08 Å². The zero-order valence-electron chi connectivity index (χ0n) is 12.0. The molecule has 3 nitrogen and oxygen atoms in total. The fourth-order valence-electron chi connectivity index (χ4n) is 2.22. The largest absolute Gasteiger partial charge is 0.494 e. The Morgan fingerprint density at radius 1 is 1.05 bits per heavy atom. The molecule has 1 aliphatic carbocycles. The van der Waals surface area contributed by atoms with Gasteiger partial charge in [-0.1, -0.05) is 12.2 Å². The van der Waals surface area contributed by atoms with Crippen LogP contribution in [0.4, 0.5) is 17.6 Å². The van der Waals surface area contributed by atoms with Gasteiger partial charge in [-0.2, -0.15) is 8.78 Å². The van der Waals surface area contributed by atoms with Gasteiger partial charge >= 0.3 is 6.61 Å². The molecule has 0 aromatic heterocycles. The van der Waals surface area contributed by atoms with Crippen LogP contribution in [0.3, 0.4) is 0 Å². The standard InChI is InChI=1S/C15H14F4O3/c1-20-10-7-11(21-2)14(17)12(13(10)16)8-5-3-4-6-9(8)22-15(18)19/h3,5,7,15H,4,6H2,1-2H3. The first-order valence-electron chi connectivity index (χ1n) is 6.44. The maximum absolute atomic E-state index is 14.4. The molecule has 0 amide bonds. The number of hydrogen-bond acceptors (Lipinski definition) is 3. The van der Waals surface area contributed by atoms with Crippen LogP contribution >= 0.6 is 0 Å². The fraction of sp³-hybridized carbons (Fsp3) is 0.333. The monoisotopic (exact) mass is 318 g/mol. The molecule has 0 aliphatic heterocycles. The molecule has 0 bridgehead atoms. The third-order valence-corrected chi connectivity index (χ3v) is 3.20. The highest BCUT2D eigenvalue weighted by molar-refractivity contribution is 5.79. The Bertz CT molecular complexity index is 595. The van der Waals surface area contributed by atoms with Gasteiger partial charge in [-0.15, -0.1) is 0 Å². The molecule has 2 rings (SSSR count). The van der Waals surface area contributed by atoms with Crippen LogP contribution in [0.2, 0.25) is 0 Å². The molecule has 1 aliphatic rings. The van der Waals surface area contributed by atoms with E-state index in [-0.39, 0.29) is 29.3 Å². The highest BCUT2D eigenvalue weighted by Gasteiger charge is 2.26. The summed E-state index contributed by atoms with van der Waals surface area (Å²) in [6.45, 7) is -3.07. The topological polar surface area (TPSA) is 27.7 Å². The van der Waals surface area contributed by atoms with Crippen molar-refractivity contribution in [2.45, 2.75) is 19.5 Å². The van der Waals surface area contributed by atoms with E-state index in [1.165, 1.54) is 20.3 Å². The average Bonchev–Trinajstić information content (AvgIpc) is 2.49. The van der Waals surface area contributed by atoms with Crippen molar-refractivity contribution in [3.05, 3.63) is 41.2 Å². The van der Waals surface area contributed by atoms with Crippen LogP contribution in [0.1, 0.15) is 18.4 Å². The molecule has 1 aromatic carbocycles. The van der Waals surface area contributed by atoms with Gasteiger partial charge in [0.1, 0.15) is 5.76 Å². The predicted octanol–water partition coefficient (Wildman–Crippen LogP) is 4.28. The quantitative estimate of drug-likeness (QED) is 0.758. The first kappa shape index (κ1) is 16.2. The highest BCUT2D eigenvalue weighted by atomic mass is 19.3. The summed E-state index contributed by atoms with van der Waals surface area (Å²) in [5.74, 6) is -2.69. The Kier molecular flexibility index (Phi) is 4.95. The van der Waals surface area contributed by atoms with Crippen LogP contribution in [0.5, 0.6) is 11.5 Å². The van der Waals surface area contributed by atoms with Gasteiger partial charge in [-0.25, -0.2) is 8.78 Å². The first-order valence-corrected chi connectivity index (χ1v) is 6.44. The molecule has 1 aromatic rings. The van der Waals surface area contributed by atoms with E-state index in [4.69, 9.17) is 9.47 Å². The molecule has 7 heteroatoms. The van der Waals surface area contributed by atoms with Crippen molar-refractivity contribution in [2.75, 3.05) is 14.2 Å². The minimum Gasteiger partial charge on any atom is -0.494 e. The van der Waals surface area contributed by atoms with E-state index in [0.29, 0.717) is 6.42 Å². The third-order valence-electron chi connectivity index (χ3n) is 3.20. The lowest BCUT2D eigenvalue weighted by atomic mass is 9.96. The number of alkyl halides is 2. The summed E-state index contributed by atoms with van der Waals surface area (Å²) in [5, 5.41) is 0. The van der Waals surface area contributed by atoms with E-state index in [1.807, 2.05) is 0 Å². The minimum atomic E-state index is -3.07. The Hall–Kier alpha value is -2.18.